The molecule has 1 aromatic heterocycles. The van der Waals surface area contributed by atoms with Gasteiger partial charge in [0.25, 0.3) is 0 Å². The fourth-order valence-corrected chi connectivity index (χ4v) is 1.56. The lowest BCUT2D eigenvalue weighted by molar-refractivity contribution is 0.583. The molecule has 3 nitrogen and oxygen atoms in total. The smallest absolute Gasteiger partial charge is 0.167 e. The maximum atomic E-state index is 13.7. The lowest BCUT2D eigenvalue weighted by Crippen LogP contribution is -1.99. The van der Waals surface area contributed by atoms with Gasteiger partial charge < -0.3 is 5.73 Å². The minimum atomic E-state index is -0.745. The Morgan fingerprint density at radius 3 is 2.62 bits per heavy atom. The number of rotatable bonds is 1. The van der Waals surface area contributed by atoms with Crippen molar-refractivity contribution >= 4 is 21.7 Å². The minimum absolute atomic E-state index is 0.0729. The van der Waals surface area contributed by atoms with E-state index in [0.29, 0.717) is 0 Å². The van der Waals surface area contributed by atoms with Crippen molar-refractivity contribution in [1.82, 2.24) is 9.97 Å². The Morgan fingerprint density at radius 1 is 1.19 bits per heavy atom. The fraction of sp³-hybridized carbons (Fsp3) is 0. The second kappa shape index (κ2) is 4.13. The zero-order valence-electron chi connectivity index (χ0n) is 7.92. The highest BCUT2D eigenvalue weighted by molar-refractivity contribution is 9.10. The van der Waals surface area contributed by atoms with E-state index in [2.05, 4.69) is 25.9 Å². The molecule has 0 amide bonds. The normalized spacial score (nSPS) is 10.4. The van der Waals surface area contributed by atoms with Crippen molar-refractivity contribution in [1.29, 1.82) is 0 Å². The summed E-state index contributed by atoms with van der Waals surface area (Å²) in [4.78, 5) is 7.55. The van der Waals surface area contributed by atoms with Crippen molar-refractivity contribution in [3.8, 4) is 11.4 Å². The molecule has 0 saturated heterocycles. The molecule has 2 rings (SSSR count). The molecular formula is C10H6BrF2N3. The first kappa shape index (κ1) is 10.9. The number of nitrogens with two attached hydrogens (primary N) is 1. The van der Waals surface area contributed by atoms with Gasteiger partial charge in [-0.1, -0.05) is 0 Å². The summed E-state index contributed by atoms with van der Waals surface area (Å²) in [6, 6.07) is 3.85. The third-order valence-electron chi connectivity index (χ3n) is 1.94. The third-order valence-corrected chi connectivity index (χ3v) is 2.56. The molecule has 0 aliphatic heterocycles. The Balaban J connectivity index is 2.68. The summed E-state index contributed by atoms with van der Waals surface area (Å²) >= 11 is 2.97. The zero-order valence-corrected chi connectivity index (χ0v) is 9.50. The Labute approximate surface area is 98.5 Å². The van der Waals surface area contributed by atoms with Crippen molar-refractivity contribution in [3.63, 3.8) is 0 Å². The number of halogens is 3. The van der Waals surface area contributed by atoms with Crippen molar-refractivity contribution < 1.29 is 8.78 Å². The summed E-state index contributed by atoms with van der Waals surface area (Å²) in [6.07, 6.45) is 1.34. The van der Waals surface area contributed by atoms with Crippen LogP contribution in [0.25, 0.3) is 11.4 Å². The average Bonchev–Trinajstić information content (AvgIpc) is 2.24. The molecule has 82 valence electrons. The van der Waals surface area contributed by atoms with Crippen LogP contribution in [-0.4, -0.2) is 9.97 Å². The van der Waals surface area contributed by atoms with Gasteiger partial charge in [-0.15, -0.1) is 0 Å². The molecule has 2 aromatic rings. The van der Waals surface area contributed by atoms with Gasteiger partial charge in [0.2, 0.25) is 0 Å². The Hall–Kier alpha value is -1.56. The van der Waals surface area contributed by atoms with Gasteiger partial charge in [-0.25, -0.2) is 18.7 Å². The number of nitrogens with zero attached hydrogens (tertiary/aromatic N) is 2. The maximum Gasteiger partial charge on any atom is 0.167 e. The van der Waals surface area contributed by atoms with Crippen LogP contribution in [0.4, 0.5) is 14.6 Å². The molecular weight excluding hydrogens is 280 g/mol. The van der Waals surface area contributed by atoms with Crippen molar-refractivity contribution in [2.75, 3.05) is 5.73 Å². The van der Waals surface area contributed by atoms with Crippen LogP contribution in [0.15, 0.2) is 28.9 Å². The highest BCUT2D eigenvalue weighted by atomic mass is 79.9. The van der Waals surface area contributed by atoms with E-state index in [1.165, 1.54) is 18.3 Å². The molecule has 1 aromatic carbocycles. The van der Waals surface area contributed by atoms with E-state index in [0.717, 1.165) is 6.07 Å². The van der Waals surface area contributed by atoms with Gasteiger partial charge >= 0.3 is 0 Å². The molecule has 0 spiro atoms. The zero-order chi connectivity index (χ0) is 11.7. The van der Waals surface area contributed by atoms with Crippen LogP contribution in [-0.2, 0) is 0 Å². The van der Waals surface area contributed by atoms with Crippen LogP contribution in [0.5, 0.6) is 0 Å². The van der Waals surface area contributed by atoms with E-state index in [1.807, 2.05) is 0 Å². The summed E-state index contributed by atoms with van der Waals surface area (Å²) in [5.74, 6) is -1.39. The van der Waals surface area contributed by atoms with Crippen LogP contribution in [0.3, 0.4) is 0 Å². The maximum absolute atomic E-state index is 13.7. The van der Waals surface area contributed by atoms with Crippen LogP contribution >= 0.6 is 15.9 Å². The topological polar surface area (TPSA) is 51.8 Å². The average molecular weight is 286 g/mol. The van der Waals surface area contributed by atoms with Crippen LogP contribution in [0.1, 0.15) is 0 Å². The summed E-state index contributed by atoms with van der Waals surface area (Å²) in [5, 5.41) is 0. The van der Waals surface area contributed by atoms with Gasteiger partial charge in [0.15, 0.2) is 11.6 Å². The molecule has 0 aliphatic carbocycles. The number of aromatic nitrogens is 2. The molecule has 2 N–H and O–H groups in total. The van der Waals surface area contributed by atoms with E-state index < -0.39 is 11.6 Å². The molecule has 0 aliphatic rings. The van der Waals surface area contributed by atoms with E-state index in [1.54, 1.807) is 0 Å². The summed E-state index contributed by atoms with van der Waals surface area (Å²) in [5.41, 5.74) is 5.14. The highest BCUT2D eigenvalue weighted by Gasteiger charge is 2.16. The molecule has 0 fully saturated rings. The van der Waals surface area contributed by atoms with E-state index in [4.69, 9.17) is 5.73 Å². The van der Waals surface area contributed by atoms with Crippen molar-refractivity contribution in [2.45, 2.75) is 0 Å². The largest absolute Gasteiger partial charge is 0.384 e. The summed E-state index contributed by atoms with van der Waals surface area (Å²) in [7, 11) is 0. The highest BCUT2D eigenvalue weighted by Crippen LogP contribution is 2.28. The lowest BCUT2D eigenvalue weighted by atomic mass is 10.2. The lowest BCUT2D eigenvalue weighted by Gasteiger charge is -2.05. The second-order valence-electron chi connectivity index (χ2n) is 3.02. The number of anilines is 1. The molecule has 0 atom stereocenters. The first-order chi connectivity index (χ1) is 7.59. The minimum Gasteiger partial charge on any atom is -0.384 e. The van der Waals surface area contributed by atoms with E-state index in [-0.39, 0.29) is 21.7 Å². The van der Waals surface area contributed by atoms with Crippen LogP contribution in [0.2, 0.25) is 0 Å². The Morgan fingerprint density at radius 2 is 1.94 bits per heavy atom. The monoisotopic (exact) mass is 285 g/mol. The molecule has 0 saturated carbocycles. The molecule has 6 heteroatoms. The van der Waals surface area contributed by atoms with Crippen molar-refractivity contribution in [2.24, 2.45) is 0 Å². The molecule has 1 heterocycles. The molecule has 0 unspecified atom stereocenters. The summed E-state index contributed by atoms with van der Waals surface area (Å²) < 4.78 is 27.3. The van der Waals surface area contributed by atoms with E-state index >= 15 is 0 Å². The number of benzene rings is 1. The van der Waals surface area contributed by atoms with Gasteiger partial charge in [0.05, 0.1) is 10.0 Å². The Kier molecular flexibility index (Phi) is 2.82. The Bertz CT molecular complexity index is 546. The first-order valence-electron chi connectivity index (χ1n) is 4.32. The van der Waals surface area contributed by atoms with E-state index in [9.17, 15) is 8.78 Å². The number of hydrogen-bond acceptors (Lipinski definition) is 3. The van der Waals surface area contributed by atoms with Crippen molar-refractivity contribution in [3.05, 3.63) is 40.5 Å². The van der Waals surface area contributed by atoms with Crippen LogP contribution < -0.4 is 5.73 Å². The molecule has 0 bridgehead atoms. The van der Waals surface area contributed by atoms with Gasteiger partial charge in [0, 0.05) is 6.20 Å². The molecule has 0 radical (unpaired) electrons. The quantitative estimate of drug-likeness (QED) is 0.820. The summed E-state index contributed by atoms with van der Waals surface area (Å²) in [6.45, 7) is 0. The fourth-order valence-electron chi connectivity index (χ4n) is 1.23. The second-order valence-corrected chi connectivity index (χ2v) is 3.88. The number of hydrogen-bond donors (Lipinski definition) is 1. The van der Waals surface area contributed by atoms with Gasteiger partial charge in [0.1, 0.15) is 11.6 Å². The SMILES string of the molecule is Nc1ccnc(-c2c(F)ccc(Br)c2F)n1. The standard InChI is InChI=1S/C10H6BrF2N3/c11-5-1-2-6(12)8(9(5)13)10-15-4-3-7(14)16-10/h1-4H,(H2,14,15,16). The van der Waals surface area contributed by atoms with Gasteiger partial charge in [-0.05, 0) is 34.1 Å². The predicted octanol–water partition coefficient (Wildman–Crippen LogP) is 2.77. The van der Waals surface area contributed by atoms with Gasteiger partial charge in [-0.2, -0.15) is 0 Å². The van der Waals surface area contributed by atoms with Gasteiger partial charge in [-0.3, -0.25) is 0 Å². The number of nitrogen functional groups attached to an aromatic ring is 1. The third kappa shape index (κ3) is 1.88. The van der Waals surface area contributed by atoms with Crippen LogP contribution in [0, 0.1) is 11.6 Å². The predicted molar refractivity (Wildman–Crippen MR) is 59.5 cm³/mol. The first-order valence-corrected chi connectivity index (χ1v) is 5.11. The molecule has 16 heavy (non-hydrogen) atoms.